The highest BCUT2D eigenvalue weighted by atomic mass is 35.5. The third-order valence-electron chi connectivity index (χ3n) is 4.01. The van der Waals surface area contributed by atoms with E-state index in [-0.39, 0.29) is 18.9 Å². The van der Waals surface area contributed by atoms with Crippen molar-refractivity contribution in [2.75, 3.05) is 5.32 Å². The van der Waals surface area contributed by atoms with Crippen LogP contribution in [-0.2, 0) is 11.3 Å². The second-order valence-corrected chi connectivity index (χ2v) is 6.29. The molecule has 0 aliphatic carbocycles. The number of nitrogens with one attached hydrogen (secondary N) is 2. The molecule has 1 amide bonds. The van der Waals surface area contributed by atoms with Crippen LogP contribution in [0.2, 0.25) is 5.02 Å². The topological polar surface area (TPSA) is 106 Å². The second-order valence-electron chi connectivity index (χ2n) is 5.85. The highest BCUT2D eigenvalue weighted by Crippen LogP contribution is 2.20. The molecule has 8 nitrogen and oxygen atoms in total. The SMILES string of the molecule is Cc1ccc2c(NC(=O)CCn3c(=O)oc4cc(Cl)ccc43)n[nH]c2n1. The van der Waals surface area contributed by atoms with Crippen LogP contribution in [0.25, 0.3) is 22.1 Å². The summed E-state index contributed by atoms with van der Waals surface area (Å²) >= 11 is 5.89. The number of H-pyrrole nitrogens is 1. The van der Waals surface area contributed by atoms with Gasteiger partial charge in [0.2, 0.25) is 5.91 Å². The van der Waals surface area contributed by atoms with E-state index < -0.39 is 5.76 Å². The van der Waals surface area contributed by atoms with E-state index in [2.05, 4.69) is 20.5 Å². The van der Waals surface area contributed by atoms with Gasteiger partial charge in [0.1, 0.15) is 0 Å². The van der Waals surface area contributed by atoms with Crippen LogP contribution >= 0.6 is 11.6 Å². The summed E-state index contributed by atoms with van der Waals surface area (Å²) < 4.78 is 6.55. The van der Waals surface area contributed by atoms with Crippen LogP contribution in [0, 0.1) is 6.92 Å². The fraction of sp³-hybridized carbons (Fsp3) is 0.176. The lowest BCUT2D eigenvalue weighted by Gasteiger charge is -2.04. The fourth-order valence-corrected chi connectivity index (χ4v) is 2.92. The molecule has 9 heteroatoms. The first-order chi connectivity index (χ1) is 12.5. The normalized spacial score (nSPS) is 11.3. The number of amides is 1. The van der Waals surface area contributed by atoms with Gasteiger partial charge in [-0.2, -0.15) is 5.10 Å². The van der Waals surface area contributed by atoms with Crippen LogP contribution in [0.4, 0.5) is 5.82 Å². The van der Waals surface area contributed by atoms with Gasteiger partial charge in [0.25, 0.3) is 0 Å². The first-order valence-corrected chi connectivity index (χ1v) is 8.29. The number of fused-ring (bicyclic) bond motifs is 2. The molecule has 3 heterocycles. The summed E-state index contributed by atoms with van der Waals surface area (Å²) in [5.41, 5.74) is 2.44. The Morgan fingerprint density at radius 3 is 3.04 bits per heavy atom. The first kappa shape index (κ1) is 16.3. The molecule has 0 bridgehead atoms. The highest BCUT2D eigenvalue weighted by Gasteiger charge is 2.13. The van der Waals surface area contributed by atoms with Crippen molar-refractivity contribution in [1.29, 1.82) is 0 Å². The van der Waals surface area contributed by atoms with Gasteiger partial charge in [-0.05, 0) is 31.2 Å². The van der Waals surface area contributed by atoms with Crippen molar-refractivity contribution in [3.63, 3.8) is 0 Å². The summed E-state index contributed by atoms with van der Waals surface area (Å²) in [5, 5.41) is 10.8. The zero-order valence-corrected chi connectivity index (χ0v) is 14.5. The first-order valence-electron chi connectivity index (χ1n) is 7.92. The Kier molecular flexibility index (Phi) is 3.96. The molecule has 0 saturated carbocycles. The maximum atomic E-state index is 12.3. The molecule has 0 aliphatic heterocycles. The maximum Gasteiger partial charge on any atom is 0.419 e. The van der Waals surface area contributed by atoms with Gasteiger partial charge in [0.05, 0.1) is 10.9 Å². The monoisotopic (exact) mass is 371 g/mol. The molecule has 2 N–H and O–H groups in total. The van der Waals surface area contributed by atoms with Crippen LogP contribution in [0.1, 0.15) is 12.1 Å². The Balaban J connectivity index is 1.50. The van der Waals surface area contributed by atoms with Crippen molar-refractivity contribution in [3.8, 4) is 0 Å². The summed E-state index contributed by atoms with van der Waals surface area (Å²) in [5.74, 6) is -0.386. The van der Waals surface area contributed by atoms with Crippen LogP contribution in [0.15, 0.2) is 39.5 Å². The van der Waals surface area contributed by atoms with E-state index in [0.29, 0.717) is 27.6 Å². The fourth-order valence-electron chi connectivity index (χ4n) is 2.76. The molecule has 0 fully saturated rings. The minimum absolute atomic E-state index is 0.0881. The lowest BCUT2D eigenvalue weighted by Crippen LogP contribution is -2.20. The van der Waals surface area contributed by atoms with Crippen molar-refractivity contribution in [1.82, 2.24) is 19.7 Å². The number of halogens is 1. The Bertz CT molecular complexity index is 1190. The Morgan fingerprint density at radius 2 is 2.19 bits per heavy atom. The van der Waals surface area contributed by atoms with Crippen LogP contribution in [0.3, 0.4) is 0 Å². The minimum Gasteiger partial charge on any atom is -0.408 e. The average Bonchev–Trinajstić information content (AvgIpc) is 3.12. The molecular formula is C17H14ClN5O3. The van der Waals surface area contributed by atoms with Crippen LogP contribution < -0.4 is 11.1 Å². The summed E-state index contributed by atoms with van der Waals surface area (Å²) in [6.45, 7) is 2.05. The zero-order valence-electron chi connectivity index (χ0n) is 13.7. The number of benzene rings is 1. The molecule has 132 valence electrons. The molecule has 0 radical (unpaired) electrons. The van der Waals surface area contributed by atoms with Crippen LogP contribution in [0.5, 0.6) is 0 Å². The molecule has 0 spiro atoms. The van der Waals surface area contributed by atoms with Gasteiger partial charge in [-0.15, -0.1) is 0 Å². The van der Waals surface area contributed by atoms with Crippen molar-refractivity contribution < 1.29 is 9.21 Å². The number of rotatable bonds is 4. The molecule has 0 aliphatic rings. The third kappa shape index (κ3) is 2.95. The van der Waals surface area contributed by atoms with Crippen molar-refractivity contribution in [2.45, 2.75) is 19.9 Å². The zero-order chi connectivity index (χ0) is 18.3. The van der Waals surface area contributed by atoms with Crippen molar-refractivity contribution >= 4 is 45.5 Å². The number of anilines is 1. The average molecular weight is 372 g/mol. The Hall–Kier alpha value is -3.13. The van der Waals surface area contributed by atoms with E-state index in [4.69, 9.17) is 16.0 Å². The number of carbonyl (C=O) groups excluding carboxylic acids is 1. The Labute approximate surface area is 151 Å². The van der Waals surface area contributed by atoms with E-state index in [1.807, 2.05) is 19.1 Å². The summed E-state index contributed by atoms with van der Waals surface area (Å²) in [6.07, 6.45) is 0.0881. The lowest BCUT2D eigenvalue weighted by molar-refractivity contribution is -0.116. The summed E-state index contributed by atoms with van der Waals surface area (Å²) in [6, 6.07) is 8.61. The van der Waals surface area contributed by atoms with E-state index in [1.165, 1.54) is 4.57 Å². The smallest absolute Gasteiger partial charge is 0.408 e. The van der Waals surface area contributed by atoms with Crippen LogP contribution in [-0.4, -0.2) is 25.7 Å². The molecule has 4 rings (SSSR count). The molecule has 26 heavy (non-hydrogen) atoms. The van der Waals surface area contributed by atoms with Gasteiger partial charge in [-0.1, -0.05) is 11.6 Å². The van der Waals surface area contributed by atoms with Gasteiger partial charge in [0, 0.05) is 29.7 Å². The number of aromatic amines is 1. The predicted molar refractivity (Wildman–Crippen MR) is 97.4 cm³/mol. The second kappa shape index (κ2) is 6.30. The number of aromatic nitrogens is 4. The van der Waals surface area contributed by atoms with Gasteiger partial charge in [-0.25, -0.2) is 9.78 Å². The summed E-state index contributed by atoms with van der Waals surface area (Å²) in [7, 11) is 0. The molecule has 4 aromatic rings. The van der Waals surface area contributed by atoms with Crippen molar-refractivity contribution in [3.05, 3.63) is 51.6 Å². The lowest BCUT2D eigenvalue weighted by atomic mass is 10.3. The third-order valence-corrected chi connectivity index (χ3v) is 4.25. The minimum atomic E-state index is -0.528. The van der Waals surface area contributed by atoms with Crippen molar-refractivity contribution in [2.24, 2.45) is 0 Å². The van der Waals surface area contributed by atoms with E-state index in [0.717, 1.165) is 11.1 Å². The quantitative estimate of drug-likeness (QED) is 0.573. The van der Waals surface area contributed by atoms with Gasteiger partial charge < -0.3 is 9.73 Å². The van der Waals surface area contributed by atoms with E-state index >= 15 is 0 Å². The van der Waals surface area contributed by atoms with Gasteiger partial charge >= 0.3 is 5.76 Å². The standard InChI is InChI=1S/C17H14ClN5O3/c1-9-2-4-11-15(19-9)21-22-16(11)20-14(24)6-7-23-12-5-3-10(18)8-13(12)26-17(23)25/h2-5,8H,6-7H2,1H3,(H2,19,20,21,22,24). The predicted octanol–water partition coefficient (Wildman–Crippen LogP) is 2.86. The Morgan fingerprint density at radius 1 is 1.35 bits per heavy atom. The number of carbonyl (C=O) groups is 1. The highest BCUT2D eigenvalue weighted by molar-refractivity contribution is 6.31. The number of pyridine rings is 1. The van der Waals surface area contributed by atoms with E-state index in [9.17, 15) is 9.59 Å². The molecule has 0 unspecified atom stereocenters. The molecule has 0 saturated heterocycles. The molecule has 0 atom stereocenters. The van der Waals surface area contributed by atoms with Gasteiger partial charge in [-0.3, -0.25) is 14.5 Å². The largest absolute Gasteiger partial charge is 0.419 e. The van der Waals surface area contributed by atoms with Gasteiger partial charge in [0.15, 0.2) is 17.0 Å². The number of hydrogen-bond donors (Lipinski definition) is 2. The molecule has 1 aromatic carbocycles. The number of oxazole rings is 1. The number of nitrogens with zero attached hydrogens (tertiary/aromatic N) is 3. The maximum absolute atomic E-state index is 12.3. The molecule has 3 aromatic heterocycles. The number of aryl methyl sites for hydroxylation is 2. The van der Waals surface area contributed by atoms with E-state index in [1.54, 1.807) is 18.2 Å². The summed E-state index contributed by atoms with van der Waals surface area (Å²) in [4.78, 5) is 28.6. The molecular weight excluding hydrogens is 358 g/mol. The number of hydrogen-bond acceptors (Lipinski definition) is 5.